The first-order chi connectivity index (χ1) is 3.81. The van der Waals surface area contributed by atoms with Crippen molar-refractivity contribution in [1.29, 1.82) is 0 Å². The Morgan fingerprint density at radius 2 is 2.38 bits per heavy atom. The number of hydrogen-bond acceptors (Lipinski definition) is 2. The number of nitrogens with one attached hydrogen (secondary N) is 2. The molecule has 8 heavy (non-hydrogen) atoms. The Morgan fingerprint density at radius 3 is 2.75 bits per heavy atom. The van der Waals surface area contributed by atoms with E-state index in [0.29, 0.717) is 12.6 Å². The molecule has 4 N–H and O–H groups in total. The van der Waals surface area contributed by atoms with Gasteiger partial charge in [-0.2, -0.15) is 0 Å². The highest BCUT2D eigenvalue weighted by molar-refractivity contribution is 5.77. The first-order valence-corrected chi connectivity index (χ1v) is 2.42. The van der Waals surface area contributed by atoms with Crippen LogP contribution in [0.1, 0.15) is 0 Å². The average Bonchev–Trinajstić information content (AvgIpc) is 1.83. The quantitative estimate of drug-likeness (QED) is 0.239. The van der Waals surface area contributed by atoms with E-state index in [1.54, 1.807) is 7.05 Å². The van der Waals surface area contributed by atoms with Gasteiger partial charge in [0.15, 0.2) is 5.96 Å². The number of rotatable bonds is 2. The van der Waals surface area contributed by atoms with Gasteiger partial charge >= 0.3 is 0 Å². The van der Waals surface area contributed by atoms with Gasteiger partial charge in [-0.25, -0.2) is 0 Å². The Morgan fingerprint density at radius 1 is 1.75 bits per heavy atom. The van der Waals surface area contributed by atoms with Gasteiger partial charge in [-0.05, 0) is 7.05 Å². The highest BCUT2D eigenvalue weighted by Crippen LogP contribution is 1.53. The van der Waals surface area contributed by atoms with Crippen LogP contribution in [-0.2, 0) is 0 Å². The zero-order valence-electron chi connectivity index (χ0n) is 5.23. The number of nitrogens with zero attached hydrogens (tertiary/aromatic N) is 1. The summed E-state index contributed by atoms with van der Waals surface area (Å²) in [7, 11) is 3.47. The van der Waals surface area contributed by atoms with E-state index in [0.717, 1.165) is 0 Å². The van der Waals surface area contributed by atoms with E-state index in [4.69, 9.17) is 5.73 Å². The van der Waals surface area contributed by atoms with Crippen LogP contribution in [0.3, 0.4) is 0 Å². The summed E-state index contributed by atoms with van der Waals surface area (Å²) in [4.78, 5) is 3.67. The van der Waals surface area contributed by atoms with E-state index in [9.17, 15) is 0 Å². The predicted octanol–water partition coefficient (Wildman–Crippen LogP) is -1.30. The molecule has 0 aliphatic heterocycles. The molecule has 0 aliphatic carbocycles. The molecular formula is C4H12N4. The molecule has 0 aromatic heterocycles. The maximum absolute atomic E-state index is 5.26. The van der Waals surface area contributed by atoms with Crippen LogP contribution in [0.4, 0.5) is 0 Å². The summed E-state index contributed by atoms with van der Waals surface area (Å²) in [6, 6.07) is 0. The van der Waals surface area contributed by atoms with E-state index >= 15 is 0 Å². The van der Waals surface area contributed by atoms with Crippen molar-refractivity contribution in [3.63, 3.8) is 0 Å². The molecule has 0 amide bonds. The lowest BCUT2D eigenvalue weighted by molar-refractivity contribution is 0.756. The Kier molecular flexibility index (Phi) is 3.97. The minimum atomic E-state index is 0.458. The SMILES string of the molecule is CN=C(N)NCNC. The average molecular weight is 116 g/mol. The second-order valence-corrected chi connectivity index (χ2v) is 1.32. The zero-order chi connectivity index (χ0) is 6.41. The molecule has 0 aliphatic rings. The third kappa shape index (κ3) is 3.42. The first-order valence-electron chi connectivity index (χ1n) is 2.42. The molecule has 0 heterocycles. The molecule has 0 bridgehead atoms. The smallest absolute Gasteiger partial charge is 0.189 e. The molecule has 0 saturated heterocycles. The van der Waals surface area contributed by atoms with Gasteiger partial charge in [0.25, 0.3) is 0 Å². The van der Waals surface area contributed by atoms with Crippen molar-refractivity contribution in [3.05, 3.63) is 0 Å². The van der Waals surface area contributed by atoms with Crippen LogP contribution >= 0.6 is 0 Å². The lowest BCUT2D eigenvalue weighted by Gasteiger charge is -2.00. The first kappa shape index (κ1) is 7.23. The highest BCUT2D eigenvalue weighted by atomic mass is 15.1. The van der Waals surface area contributed by atoms with E-state index in [1.807, 2.05) is 7.05 Å². The predicted molar refractivity (Wildman–Crippen MR) is 34.6 cm³/mol. The third-order valence-electron chi connectivity index (χ3n) is 0.687. The van der Waals surface area contributed by atoms with E-state index in [2.05, 4.69) is 15.6 Å². The Balaban J connectivity index is 3.12. The second kappa shape index (κ2) is 4.39. The van der Waals surface area contributed by atoms with Gasteiger partial charge in [0.05, 0.1) is 6.67 Å². The van der Waals surface area contributed by atoms with Gasteiger partial charge in [-0.3, -0.25) is 4.99 Å². The molecule has 0 spiro atoms. The van der Waals surface area contributed by atoms with Crippen molar-refractivity contribution in [1.82, 2.24) is 10.6 Å². The van der Waals surface area contributed by atoms with Crippen molar-refractivity contribution < 1.29 is 0 Å². The molecule has 0 unspecified atom stereocenters. The van der Waals surface area contributed by atoms with Gasteiger partial charge in [-0.15, -0.1) is 0 Å². The Bertz CT molecular complexity index is 78.1. The molecule has 0 aromatic carbocycles. The van der Waals surface area contributed by atoms with Crippen LogP contribution in [0.2, 0.25) is 0 Å². The van der Waals surface area contributed by atoms with Gasteiger partial charge in [-0.1, -0.05) is 0 Å². The van der Waals surface area contributed by atoms with Crippen LogP contribution < -0.4 is 16.4 Å². The fourth-order valence-corrected chi connectivity index (χ4v) is 0.258. The van der Waals surface area contributed by atoms with Crippen molar-refractivity contribution >= 4 is 5.96 Å². The van der Waals surface area contributed by atoms with Crippen LogP contribution in [0.15, 0.2) is 4.99 Å². The van der Waals surface area contributed by atoms with Crippen LogP contribution in [0, 0.1) is 0 Å². The normalized spacial score (nSPS) is 11.5. The van der Waals surface area contributed by atoms with Crippen LogP contribution in [0.25, 0.3) is 0 Å². The Hall–Kier alpha value is -0.770. The largest absolute Gasteiger partial charge is 0.370 e. The number of guanidine groups is 1. The summed E-state index contributed by atoms with van der Waals surface area (Å²) < 4.78 is 0. The van der Waals surface area contributed by atoms with Crippen LogP contribution in [0.5, 0.6) is 0 Å². The van der Waals surface area contributed by atoms with E-state index < -0.39 is 0 Å². The van der Waals surface area contributed by atoms with E-state index in [1.165, 1.54) is 0 Å². The van der Waals surface area contributed by atoms with Crippen LogP contribution in [-0.4, -0.2) is 26.7 Å². The standard InChI is InChI=1S/C4H12N4/c1-6-3-8-4(5)7-2/h6H,3H2,1-2H3,(H3,5,7,8). The van der Waals surface area contributed by atoms with Gasteiger partial charge in [0.1, 0.15) is 0 Å². The molecule has 48 valence electrons. The van der Waals surface area contributed by atoms with Gasteiger partial charge in [0, 0.05) is 7.05 Å². The number of nitrogens with two attached hydrogens (primary N) is 1. The number of hydrogen-bond donors (Lipinski definition) is 3. The third-order valence-corrected chi connectivity index (χ3v) is 0.687. The highest BCUT2D eigenvalue weighted by Gasteiger charge is 1.80. The molecule has 0 atom stereocenters. The van der Waals surface area contributed by atoms with Crippen molar-refractivity contribution in [3.8, 4) is 0 Å². The minimum Gasteiger partial charge on any atom is -0.370 e. The summed E-state index contributed by atoms with van der Waals surface area (Å²) in [6.07, 6.45) is 0. The fraction of sp³-hybridized carbons (Fsp3) is 0.750. The molecule has 0 fully saturated rings. The molecular weight excluding hydrogens is 104 g/mol. The van der Waals surface area contributed by atoms with Gasteiger partial charge < -0.3 is 16.4 Å². The lowest BCUT2D eigenvalue weighted by Crippen LogP contribution is -2.37. The fourth-order valence-electron chi connectivity index (χ4n) is 0.258. The second-order valence-electron chi connectivity index (χ2n) is 1.32. The van der Waals surface area contributed by atoms with Crippen molar-refractivity contribution in [2.75, 3.05) is 20.8 Å². The monoisotopic (exact) mass is 116 g/mol. The molecule has 0 rings (SSSR count). The molecule has 4 heteroatoms. The maximum atomic E-state index is 5.26. The van der Waals surface area contributed by atoms with Gasteiger partial charge in [0.2, 0.25) is 0 Å². The molecule has 0 radical (unpaired) electrons. The summed E-state index contributed by atoms with van der Waals surface area (Å²) in [5.74, 6) is 0.458. The lowest BCUT2D eigenvalue weighted by atomic mass is 10.9. The summed E-state index contributed by atoms with van der Waals surface area (Å²) >= 11 is 0. The molecule has 0 aromatic rings. The van der Waals surface area contributed by atoms with E-state index in [-0.39, 0.29) is 0 Å². The molecule has 4 nitrogen and oxygen atoms in total. The minimum absolute atomic E-state index is 0.458. The number of aliphatic imine (C=N–C) groups is 1. The molecule has 0 saturated carbocycles. The van der Waals surface area contributed by atoms with Crippen molar-refractivity contribution in [2.24, 2.45) is 10.7 Å². The van der Waals surface area contributed by atoms with Crippen molar-refractivity contribution in [2.45, 2.75) is 0 Å². The zero-order valence-corrected chi connectivity index (χ0v) is 5.23. The summed E-state index contributed by atoms with van der Waals surface area (Å²) in [5, 5.41) is 5.66. The summed E-state index contributed by atoms with van der Waals surface area (Å²) in [6.45, 7) is 0.656. The summed E-state index contributed by atoms with van der Waals surface area (Å²) in [5.41, 5.74) is 5.26. The maximum Gasteiger partial charge on any atom is 0.189 e. The Labute approximate surface area is 49.2 Å². The topological polar surface area (TPSA) is 62.4 Å².